The van der Waals surface area contributed by atoms with Crippen LogP contribution in [0.25, 0.3) is 0 Å². The van der Waals surface area contributed by atoms with Gasteiger partial charge in [-0.25, -0.2) is 4.98 Å². The summed E-state index contributed by atoms with van der Waals surface area (Å²) in [6.45, 7) is 0. The summed E-state index contributed by atoms with van der Waals surface area (Å²) < 4.78 is 0. The molecule has 1 heterocycles. The van der Waals surface area contributed by atoms with E-state index in [1.807, 2.05) is 11.8 Å². The molecule has 2 rings (SSSR count). The maximum Gasteiger partial charge on any atom is 0.254 e. The van der Waals surface area contributed by atoms with Crippen LogP contribution < -0.4 is 5.32 Å². The summed E-state index contributed by atoms with van der Waals surface area (Å²) in [6.07, 6.45) is 5.30. The number of carbonyl (C=O) groups excluding carboxylic acids is 1. The third-order valence-electron chi connectivity index (χ3n) is 3.11. The number of nitrogens with one attached hydrogen (secondary N) is 1. The molecule has 0 aromatic carbocycles. The van der Waals surface area contributed by atoms with Gasteiger partial charge in [-0.3, -0.25) is 4.79 Å². The molecule has 0 aliphatic heterocycles. The van der Waals surface area contributed by atoms with Crippen molar-refractivity contribution in [2.24, 2.45) is 0 Å². The van der Waals surface area contributed by atoms with Crippen molar-refractivity contribution in [2.45, 2.75) is 30.6 Å². The van der Waals surface area contributed by atoms with Gasteiger partial charge in [0, 0.05) is 11.3 Å². The predicted octanol–water partition coefficient (Wildman–Crippen LogP) is 3.40. The van der Waals surface area contributed by atoms with E-state index in [0.717, 1.165) is 19.3 Å². The molecule has 0 bridgehead atoms. The molecule has 1 saturated carbocycles. The van der Waals surface area contributed by atoms with E-state index in [0.29, 0.717) is 16.0 Å². The Hall–Kier alpha value is -0.450. The number of nitrogens with zero attached hydrogens (tertiary/aromatic N) is 1. The van der Waals surface area contributed by atoms with Crippen molar-refractivity contribution in [3.05, 3.63) is 28.0 Å². The Morgan fingerprint density at radius 3 is 2.83 bits per heavy atom. The second kappa shape index (κ2) is 6.13. The molecule has 3 nitrogen and oxygen atoms in total. The summed E-state index contributed by atoms with van der Waals surface area (Å²) in [5, 5.41) is 4.09. The maximum absolute atomic E-state index is 12.0. The molecule has 1 aromatic heterocycles. The highest BCUT2D eigenvalue weighted by molar-refractivity contribution is 7.99. The third-order valence-corrected chi connectivity index (χ3v) is 4.71. The number of thioether (sulfide) groups is 1. The van der Waals surface area contributed by atoms with Gasteiger partial charge >= 0.3 is 0 Å². The molecule has 1 N–H and O–H groups in total. The lowest BCUT2D eigenvalue weighted by Gasteiger charge is -2.13. The SMILES string of the molecule is CSC1CCC(NC(=O)c2ccc(Cl)nc2Cl)C1. The van der Waals surface area contributed by atoms with Crippen molar-refractivity contribution >= 4 is 40.9 Å². The monoisotopic (exact) mass is 304 g/mol. The summed E-state index contributed by atoms with van der Waals surface area (Å²) in [6, 6.07) is 3.41. The van der Waals surface area contributed by atoms with Gasteiger partial charge in [-0.15, -0.1) is 0 Å². The minimum absolute atomic E-state index is 0.152. The maximum atomic E-state index is 12.0. The molecule has 1 aromatic rings. The fourth-order valence-corrected chi connectivity index (χ4v) is 3.36. The third kappa shape index (κ3) is 3.31. The first-order valence-electron chi connectivity index (χ1n) is 5.76. The van der Waals surface area contributed by atoms with E-state index < -0.39 is 0 Å². The molecule has 1 aliphatic carbocycles. The van der Waals surface area contributed by atoms with Crippen molar-refractivity contribution in [1.82, 2.24) is 10.3 Å². The molecule has 0 spiro atoms. The molecule has 1 amide bonds. The fraction of sp³-hybridized carbons (Fsp3) is 0.500. The Kier molecular flexibility index (Phi) is 4.76. The van der Waals surface area contributed by atoms with Crippen molar-refractivity contribution in [1.29, 1.82) is 0 Å². The number of hydrogen-bond acceptors (Lipinski definition) is 3. The smallest absolute Gasteiger partial charge is 0.254 e. The Morgan fingerprint density at radius 2 is 2.22 bits per heavy atom. The first kappa shape index (κ1) is 14.0. The van der Waals surface area contributed by atoms with E-state index in [2.05, 4.69) is 16.6 Å². The summed E-state index contributed by atoms with van der Waals surface area (Å²) in [7, 11) is 0. The topological polar surface area (TPSA) is 42.0 Å². The summed E-state index contributed by atoms with van der Waals surface area (Å²) in [5.74, 6) is -0.170. The van der Waals surface area contributed by atoms with Gasteiger partial charge in [-0.2, -0.15) is 11.8 Å². The summed E-state index contributed by atoms with van der Waals surface area (Å²) in [4.78, 5) is 15.9. The highest BCUT2D eigenvalue weighted by atomic mass is 35.5. The van der Waals surface area contributed by atoms with E-state index in [4.69, 9.17) is 23.2 Å². The lowest BCUT2D eigenvalue weighted by Crippen LogP contribution is -2.33. The van der Waals surface area contributed by atoms with Crippen LogP contribution in [-0.2, 0) is 0 Å². The first-order chi connectivity index (χ1) is 8.60. The van der Waals surface area contributed by atoms with Gasteiger partial charge in [0.2, 0.25) is 0 Å². The van der Waals surface area contributed by atoms with E-state index in [9.17, 15) is 4.79 Å². The second-order valence-electron chi connectivity index (χ2n) is 4.31. The highest BCUT2D eigenvalue weighted by Crippen LogP contribution is 2.28. The molecule has 0 radical (unpaired) electrons. The van der Waals surface area contributed by atoms with Crippen LogP contribution in [0.1, 0.15) is 29.6 Å². The number of halogens is 2. The zero-order valence-electron chi connectivity index (χ0n) is 9.95. The van der Waals surface area contributed by atoms with Crippen LogP contribution in [-0.4, -0.2) is 28.4 Å². The quantitative estimate of drug-likeness (QED) is 0.870. The average molecular weight is 305 g/mol. The molecule has 1 fully saturated rings. The molecule has 6 heteroatoms. The number of rotatable bonds is 3. The van der Waals surface area contributed by atoms with Gasteiger partial charge in [-0.1, -0.05) is 23.2 Å². The summed E-state index contributed by atoms with van der Waals surface area (Å²) in [5.41, 5.74) is 0.383. The van der Waals surface area contributed by atoms with Gasteiger partial charge in [0.15, 0.2) is 0 Å². The fourth-order valence-electron chi connectivity index (χ4n) is 2.13. The number of pyridine rings is 1. The van der Waals surface area contributed by atoms with Crippen LogP contribution in [0.4, 0.5) is 0 Å². The molecular formula is C12H14Cl2N2OS. The van der Waals surface area contributed by atoms with E-state index in [1.54, 1.807) is 12.1 Å². The standard InChI is InChI=1S/C12H14Cl2N2OS/c1-18-8-3-2-7(6-8)15-12(17)9-4-5-10(13)16-11(9)14/h4-5,7-8H,2-3,6H2,1H3,(H,15,17). The van der Waals surface area contributed by atoms with Crippen LogP contribution in [0.3, 0.4) is 0 Å². The van der Waals surface area contributed by atoms with Crippen molar-refractivity contribution in [2.75, 3.05) is 6.26 Å². The minimum atomic E-state index is -0.170. The first-order valence-corrected chi connectivity index (χ1v) is 7.80. The Morgan fingerprint density at radius 1 is 1.44 bits per heavy atom. The van der Waals surface area contributed by atoms with Crippen molar-refractivity contribution in [3.63, 3.8) is 0 Å². The molecule has 1 aliphatic rings. The molecule has 18 heavy (non-hydrogen) atoms. The highest BCUT2D eigenvalue weighted by Gasteiger charge is 2.26. The molecule has 0 saturated heterocycles. The Bertz CT molecular complexity index is 456. The van der Waals surface area contributed by atoms with Gasteiger partial charge in [0.25, 0.3) is 5.91 Å². The lowest BCUT2D eigenvalue weighted by molar-refractivity contribution is 0.0938. The van der Waals surface area contributed by atoms with Gasteiger partial charge in [0.05, 0.1) is 5.56 Å². The van der Waals surface area contributed by atoms with E-state index in [-0.39, 0.29) is 17.1 Å². The predicted molar refractivity (Wildman–Crippen MR) is 76.7 cm³/mol. The van der Waals surface area contributed by atoms with Crippen LogP contribution in [0.2, 0.25) is 10.3 Å². The lowest BCUT2D eigenvalue weighted by atomic mass is 10.2. The van der Waals surface area contributed by atoms with E-state index >= 15 is 0 Å². The van der Waals surface area contributed by atoms with Crippen LogP contribution in [0.15, 0.2) is 12.1 Å². The van der Waals surface area contributed by atoms with Crippen LogP contribution in [0, 0.1) is 0 Å². The number of hydrogen-bond donors (Lipinski definition) is 1. The van der Waals surface area contributed by atoms with Crippen molar-refractivity contribution in [3.8, 4) is 0 Å². The van der Waals surface area contributed by atoms with Crippen LogP contribution >= 0.6 is 35.0 Å². The second-order valence-corrected chi connectivity index (χ2v) is 6.20. The minimum Gasteiger partial charge on any atom is -0.349 e. The van der Waals surface area contributed by atoms with Gasteiger partial charge in [-0.05, 0) is 37.7 Å². The molecule has 2 atom stereocenters. The average Bonchev–Trinajstić information content (AvgIpc) is 2.76. The molecular weight excluding hydrogens is 291 g/mol. The van der Waals surface area contributed by atoms with Gasteiger partial charge < -0.3 is 5.32 Å². The van der Waals surface area contributed by atoms with Crippen LogP contribution in [0.5, 0.6) is 0 Å². The zero-order valence-corrected chi connectivity index (χ0v) is 12.3. The summed E-state index contributed by atoms with van der Waals surface area (Å²) >= 11 is 13.5. The normalized spacial score (nSPS) is 23.1. The van der Waals surface area contributed by atoms with E-state index in [1.165, 1.54) is 0 Å². The number of amides is 1. The number of aromatic nitrogens is 1. The number of carbonyl (C=O) groups is 1. The Labute approximate surface area is 121 Å². The zero-order chi connectivity index (χ0) is 13.1. The molecule has 98 valence electrons. The largest absolute Gasteiger partial charge is 0.349 e. The Balaban J connectivity index is 2.00. The van der Waals surface area contributed by atoms with Gasteiger partial charge in [0.1, 0.15) is 10.3 Å². The van der Waals surface area contributed by atoms with Crippen molar-refractivity contribution < 1.29 is 4.79 Å². The molecule has 2 unspecified atom stereocenters.